The van der Waals surface area contributed by atoms with Gasteiger partial charge in [-0.25, -0.2) is 4.79 Å². The van der Waals surface area contributed by atoms with Crippen LogP contribution in [0.15, 0.2) is 45.6 Å². The van der Waals surface area contributed by atoms with E-state index in [4.69, 9.17) is 18.6 Å². The van der Waals surface area contributed by atoms with Crippen molar-refractivity contribution in [3.63, 3.8) is 0 Å². The molecule has 0 N–H and O–H groups in total. The van der Waals surface area contributed by atoms with Crippen LogP contribution in [0.2, 0.25) is 0 Å². The zero-order chi connectivity index (χ0) is 25.9. The van der Waals surface area contributed by atoms with Gasteiger partial charge in [0.05, 0.1) is 20.3 Å². The van der Waals surface area contributed by atoms with Gasteiger partial charge >= 0.3 is 5.63 Å². The van der Waals surface area contributed by atoms with Crippen molar-refractivity contribution >= 4 is 16.9 Å². The molecule has 2 heterocycles. The van der Waals surface area contributed by atoms with Crippen LogP contribution in [0.1, 0.15) is 61.3 Å². The number of carbonyl (C=O) groups is 1. The second-order valence-corrected chi connectivity index (χ2v) is 10.2. The summed E-state index contributed by atoms with van der Waals surface area (Å²) in [6.07, 6.45) is 7.28. The van der Waals surface area contributed by atoms with Crippen molar-refractivity contribution in [2.24, 2.45) is 5.92 Å². The fourth-order valence-corrected chi connectivity index (χ4v) is 5.85. The van der Waals surface area contributed by atoms with Crippen molar-refractivity contribution in [2.75, 3.05) is 27.4 Å². The smallest absolute Gasteiger partial charge is 0.336 e. The fraction of sp³-hybridized carbons (Fsp3) is 0.467. The lowest BCUT2D eigenvalue weighted by Crippen LogP contribution is -2.42. The number of benzene rings is 2. The van der Waals surface area contributed by atoms with Gasteiger partial charge in [-0.2, -0.15) is 0 Å². The molecular formula is C30H35NO6. The molecular weight excluding hydrogens is 470 g/mol. The molecule has 7 nitrogen and oxygen atoms in total. The van der Waals surface area contributed by atoms with E-state index in [-0.39, 0.29) is 24.2 Å². The van der Waals surface area contributed by atoms with Gasteiger partial charge in [-0.1, -0.05) is 25.7 Å². The minimum Gasteiger partial charge on any atom is -0.493 e. The van der Waals surface area contributed by atoms with Gasteiger partial charge in [0.25, 0.3) is 0 Å². The minimum atomic E-state index is -0.386. The summed E-state index contributed by atoms with van der Waals surface area (Å²) in [5.41, 5.74) is 3.11. The second-order valence-electron chi connectivity index (χ2n) is 10.2. The number of hydrogen-bond acceptors (Lipinski definition) is 6. The molecule has 2 aliphatic rings. The summed E-state index contributed by atoms with van der Waals surface area (Å²) in [4.78, 5) is 27.3. The minimum absolute atomic E-state index is 0.168. The molecule has 37 heavy (non-hydrogen) atoms. The summed E-state index contributed by atoms with van der Waals surface area (Å²) < 4.78 is 22.8. The second kappa shape index (κ2) is 10.9. The van der Waals surface area contributed by atoms with Crippen LogP contribution in [-0.2, 0) is 11.2 Å². The van der Waals surface area contributed by atoms with Gasteiger partial charge in [-0.05, 0) is 66.6 Å². The highest BCUT2D eigenvalue weighted by molar-refractivity contribution is 5.81. The van der Waals surface area contributed by atoms with Crippen molar-refractivity contribution in [3.8, 4) is 17.2 Å². The number of hydrogen-bond donors (Lipinski definition) is 0. The van der Waals surface area contributed by atoms with Crippen LogP contribution in [-0.4, -0.2) is 38.2 Å². The monoisotopic (exact) mass is 505 g/mol. The Balaban J connectivity index is 1.42. The van der Waals surface area contributed by atoms with Crippen LogP contribution < -0.4 is 19.8 Å². The van der Waals surface area contributed by atoms with Gasteiger partial charge in [0.2, 0.25) is 5.91 Å². The van der Waals surface area contributed by atoms with Crippen molar-refractivity contribution in [1.82, 2.24) is 4.90 Å². The predicted molar refractivity (Wildman–Crippen MR) is 142 cm³/mol. The zero-order valence-electron chi connectivity index (χ0n) is 21.9. The summed E-state index contributed by atoms with van der Waals surface area (Å²) >= 11 is 0. The van der Waals surface area contributed by atoms with Gasteiger partial charge in [0.1, 0.15) is 17.9 Å². The molecule has 0 bridgehead atoms. The molecule has 1 aliphatic carbocycles. The maximum Gasteiger partial charge on any atom is 0.336 e. The zero-order valence-corrected chi connectivity index (χ0v) is 21.9. The number of fused-ring (bicyclic) bond motifs is 2. The molecule has 1 saturated carbocycles. The number of ether oxygens (including phenoxy) is 3. The van der Waals surface area contributed by atoms with Gasteiger partial charge in [0, 0.05) is 30.5 Å². The van der Waals surface area contributed by atoms with Crippen molar-refractivity contribution < 1.29 is 23.4 Å². The third-order valence-electron chi connectivity index (χ3n) is 7.89. The van der Waals surface area contributed by atoms with E-state index < -0.39 is 0 Å². The first kappa shape index (κ1) is 25.2. The van der Waals surface area contributed by atoms with Crippen LogP contribution >= 0.6 is 0 Å². The molecule has 1 atom stereocenters. The first-order valence-electron chi connectivity index (χ1n) is 13.2. The quantitative estimate of drug-likeness (QED) is 0.371. The first-order chi connectivity index (χ1) is 18.0. The van der Waals surface area contributed by atoms with E-state index >= 15 is 0 Å². The molecule has 5 rings (SSSR count). The molecule has 1 amide bonds. The lowest BCUT2D eigenvalue weighted by molar-refractivity contribution is -0.135. The molecule has 0 spiro atoms. The number of amides is 1. The molecule has 0 radical (unpaired) electrons. The van der Waals surface area contributed by atoms with E-state index in [1.807, 2.05) is 36.1 Å². The Labute approximate surface area is 217 Å². The third kappa shape index (κ3) is 5.31. The molecule has 0 unspecified atom stereocenters. The van der Waals surface area contributed by atoms with Crippen LogP contribution in [0.3, 0.4) is 0 Å². The molecule has 3 aromatic rings. The molecule has 0 saturated heterocycles. The van der Waals surface area contributed by atoms with Crippen LogP contribution in [0.25, 0.3) is 11.0 Å². The van der Waals surface area contributed by atoms with Gasteiger partial charge in [0.15, 0.2) is 11.5 Å². The van der Waals surface area contributed by atoms with Gasteiger partial charge in [-0.15, -0.1) is 0 Å². The van der Waals surface area contributed by atoms with Crippen molar-refractivity contribution in [1.29, 1.82) is 0 Å². The highest BCUT2D eigenvalue weighted by Gasteiger charge is 2.33. The van der Waals surface area contributed by atoms with Crippen molar-refractivity contribution in [2.45, 2.75) is 57.9 Å². The van der Waals surface area contributed by atoms with Crippen LogP contribution in [0.5, 0.6) is 17.2 Å². The van der Waals surface area contributed by atoms with E-state index in [0.29, 0.717) is 41.7 Å². The average molecular weight is 506 g/mol. The number of rotatable bonds is 8. The third-order valence-corrected chi connectivity index (χ3v) is 7.89. The Bertz CT molecular complexity index is 1340. The Kier molecular flexibility index (Phi) is 7.40. The van der Waals surface area contributed by atoms with Gasteiger partial charge < -0.3 is 23.5 Å². The molecule has 7 heteroatoms. The molecule has 196 valence electrons. The van der Waals surface area contributed by atoms with E-state index in [9.17, 15) is 9.59 Å². The molecule has 1 aliphatic heterocycles. The lowest BCUT2D eigenvalue weighted by atomic mass is 9.91. The number of aryl methyl sites for hydroxylation is 1. The van der Waals surface area contributed by atoms with Crippen molar-refractivity contribution in [3.05, 3.63) is 63.5 Å². The Hall–Kier alpha value is -3.48. The number of carbonyl (C=O) groups excluding carboxylic acids is 1. The Morgan fingerprint density at radius 1 is 1.05 bits per heavy atom. The van der Waals surface area contributed by atoms with Gasteiger partial charge in [-0.3, -0.25) is 4.79 Å². The number of nitrogens with zero attached hydrogens (tertiary/aromatic N) is 1. The highest BCUT2D eigenvalue weighted by Crippen LogP contribution is 2.39. The standard InChI is InChI=1S/C30H35NO6/c1-19-14-30(33)37-26-16-22(9-10-23(19)26)36-18-25-24-17-28(35-3)27(34-2)15-21(24)12-13-31(25)29(32)11-8-20-6-4-5-7-20/h9-10,14-17,20,25H,4-8,11-13,18H2,1-3H3/t25-/m1/s1. The first-order valence-corrected chi connectivity index (χ1v) is 13.2. The lowest BCUT2D eigenvalue weighted by Gasteiger charge is -2.38. The molecule has 1 aromatic heterocycles. The van der Waals surface area contributed by atoms with E-state index in [1.165, 1.54) is 31.7 Å². The Morgan fingerprint density at radius 3 is 2.57 bits per heavy atom. The molecule has 1 fully saturated rings. The maximum absolute atomic E-state index is 13.5. The topological polar surface area (TPSA) is 78.2 Å². The highest BCUT2D eigenvalue weighted by atomic mass is 16.5. The largest absolute Gasteiger partial charge is 0.493 e. The normalized spacial score (nSPS) is 17.6. The summed E-state index contributed by atoms with van der Waals surface area (Å²) in [5.74, 6) is 2.74. The Morgan fingerprint density at radius 2 is 1.81 bits per heavy atom. The maximum atomic E-state index is 13.5. The van der Waals surface area contributed by atoms with Crippen LogP contribution in [0.4, 0.5) is 0 Å². The summed E-state index contributed by atoms with van der Waals surface area (Å²) in [6, 6.07) is 10.7. The summed E-state index contributed by atoms with van der Waals surface area (Å²) in [7, 11) is 3.25. The van der Waals surface area contributed by atoms with E-state index in [2.05, 4.69) is 0 Å². The fourth-order valence-electron chi connectivity index (χ4n) is 5.85. The SMILES string of the molecule is COc1cc2c(cc1OC)[C@@H](COc1ccc3c(C)cc(=O)oc3c1)N(C(=O)CCC1CCCC1)CC2. The summed E-state index contributed by atoms with van der Waals surface area (Å²) in [5, 5.41) is 0.871. The van der Waals surface area contributed by atoms with E-state index in [0.717, 1.165) is 34.9 Å². The molecule has 2 aromatic carbocycles. The summed E-state index contributed by atoms with van der Waals surface area (Å²) in [6.45, 7) is 2.79. The van der Waals surface area contributed by atoms with Crippen LogP contribution in [0, 0.1) is 12.8 Å². The van der Waals surface area contributed by atoms with E-state index in [1.54, 1.807) is 20.3 Å². The number of methoxy groups -OCH3 is 2. The average Bonchev–Trinajstić information content (AvgIpc) is 3.42. The predicted octanol–water partition coefficient (Wildman–Crippen LogP) is 5.59.